The van der Waals surface area contributed by atoms with E-state index in [0.29, 0.717) is 17.3 Å². The van der Waals surface area contributed by atoms with E-state index in [1.54, 1.807) is 5.38 Å². The number of pyridine rings is 1. The Hall–Kier alpha value is -2.21. The third-order valence-corrected chi connectivity index (χ3v) is 6.47. The molecule has 0 saturated carbocycles. The second kappa shape index (κ2) is 8.50. The molecule has 1 amide bonds. The Labute approximate surface area is 182 Å². The number of nitrogens with one attached hydrogen (secondary N) is 1. The van der Waals surface area contributed by atoms with Crippen molar-refractivity contribution in [3.63, 3.8) is 0 Å². The number of hydrogen-bond acceptors (Lipinski definition) is 6. The standard InChI is InChI=1S/C17H10Cl2F3N3O3S2/c18-13-5-9(6-14(19)24-13)11-7-29-16(23-11)25-15(26)8-30(27,28)12-4-2-1-3-10(12)17(20,21)22/h1-7H,8H2,(H,23,25,26). The van der Waals surface area contributed by atoms with Crippen molar-refractivity contribution < 1.29 is 26.4 Å². The van der Waals surface area contributed by atoms with E-state index in [1.807, 2.05) is 0 Å². The highest BCUT2D eigenvalue weighted by Crippen LogP contribution is 2.34. The van der Waals surface area contributed by atoms with E-state index in [0.717, 1.165) is 29.5 Å². The Morgan fingerprint density at radius 1 is 1.10 bits per heavy atom. The molecule has 30 heavy (non-hydrogen) atoms. The summed E-state index contributed by atoms with van der Waals surface area (Å²) in [6, 6.07) is 6.65. The Morgan fingerprint density at radius 2 is 1.73 bits per heavy atom. The predicted molar refractivity (Wildman–Crippen MR) is 107 cm³/mol. The average molecular weight is 496 g/mol. The maximum atomic E-state index is 13.1. The number of carbonyl (C=O) groups is 1. The summed E-state index contributed by atoms with van der Waals surface area (Å²) in [5.41, 5.74) is -0.420. The smallest absolute Gasteiger partial charge is 0.301 e. The fraction of sp³-hybridized carbons (Fsp3) is 0.118. The van der Waals surface area contributed by atoms with Crippen LogP contribution in [0.1, 0.15) is 5.56 Å². The van der Waals surface area contributed by atoms with Gasteiger partial charge in [0.2, 0.25) is 5.91 Å². The monoisotopic (exact) mass is 495 g/mol. The largest absolute Gasteiger partial charge is 0.417 e. The Bertz CT molecular complexity index is 1190. The van der Waals surface area contributed by atoms with Crippen molar-refractivity contribution in [2.45, 2.75) is 11.1 Å². The number of halogens is 5. The number of thiazole rings is 1. The van der Waals surface area contributed by atoms with Crippen molar-refractivity contribution >= 4 is 55.4 Å². The molecule has 1 N–H and O–H groups in total. The summed E-state index contributed by atoms with van der Waals surface area (Å²) in [4.78, 5) is 19.1. The van der Waals surface area contributed by atoms with Gasteiger partial charge in [-0.05, 0) is 24.3 Å². The maximum absolute atomic E-state index is 13.1. The second-order valence-electron chi connectivity index (χ2n) is 5.84. The van der Waals surface area contributed by atoms with Gasteiger partial charge in [-0.1, -0.05) is 35.3 Å². The van der Waals surface area contributed by atoms with E-state index in [9.17, 15) is 26.4 Å². The Balaban J connectivity index is 1.77. The van der Waals surface area contributed by atoms with Crippen molar-refractivity contribution in [3.8, 4) is 11.3 Å². The predicted octanol–water partition coefficient (Wildman–Crippen LogP) is 4.94. The first-order chi connectivity index (χ1) is 14.0. The van der Waals surface area contributed by atoms with E-state index in [4.69, 9.17) is 23.2 Å². The lowest BCUT2D eigenvalue weighted by Gasteiger charge is -2.12. The van der Waals surface area contributed by atoms with Crippen LogP contribution in [-0.4, -0.2) is 30.0 Å². The van der Waals surface area contributed by atoms with Gasteiger partial charge in [0.15, 0.2) is 15.0 Å². The highest BCUT2D eigenvalue weighted by molar-refractivity contribution is 7.92. The molecule has 6 nitrogen and oxygen atoms in total. The molecule has 3 rings (SSSR count). The molecular formula is C17H10Cl2F3N3O3S2. The van der Waals surface area contributed by atoms with Crippen molar-refractivity contribution in [3.05, 3.63) is 57.6 Å². The van der Waals surface area contributed by atoms with E-state index in [2.05, 4.69) is 15.3 Å². The number of nitrogens with zero attached hydrogens (tertiary/aromatic N) is 2. The molecule has 0 unspecified atom stereocenters. The van der Waals surface area contributed by atoms with Crippen LogP contribution in [0.5, 0.6) is 0 Å². The third-order valence-electron chi connectivity index (χ3n) is 3.66. The zero-order valence-electron chi connectivity index (χ0n) is 14.6. The van der Waals surface area contributed by atoms with Crippen molar-refractivity contribution in [2.24, 2.45) is 0 Å². The first-order valence-corrected chi connectivity index (χ1v) is 11.2. The van der Waals surface area contributed by atoms with Crippen LogP contribution in [-0.2, 0) is 20.8 Å². The summed E-state index contributed by atoms with van der Waals surface area (Å²) in [6.07, 6.45) is -4.88. The van der Waals surface area contributed by atoms with Gasteiger partial charge in [-0.15, -0.1) is 11.3 Å². The zero-order chi connectivity index (χ0) is 22.1. The number of alkyl halides is 3. The van der Waals surface area contributed by atoms with Crippen LogP contribution in [0.4, 0.5) is 18.3 Å². The lowest BCUT2D eigenvalue weighted by atomic mass is 10.2. The van der Waals surface area contributed by atoms with Crippen LogP contribution >= 0.6 is 34.5 Å². The number of benzene rings is 1. The minimum atomic E-state index is -4.88. The van der Waals surface area contributed by atoms with Crippen LogP contribution < -0.4 is 5.32 Å². The van der Waals surface area contributed by atoms with Gasteiger partial charge >= 0.3 is 6.18 Å². The summed E-state index contributed by atoms with van der Waals surface area (Å²) in [5, 5.41) is 4.15. The maximum Gasteiger partial charge on any atom is 0.417 e. The van der Waals surface area contributed by atoms with E-state index in [1.165, 1.54) is 12.1 Å². The minimum absolute atomic E-state index is 0.0540. The van der Waals surface area contributed by atoms with Gasteiger partial charge in [-0.2, -0.15) is 13.2 Å². The molecule has 0 spiro atoms. The van der Waals surface area contributed by atoms with E-state index in [-0.39, 0.29) is 15.4 Å². The molecular weight excluding hydrogens is 486 g/mol. The molecule has 0 aliphatic heterocycles. The number of rotatable bonds is 5. The molecule has 1 aromatic carbocycles. The highest BCUT2D eigenvalue weighted by atomic mass is 35.5. The zero-order valence-corrected chi connectivity index (χ0v) is 17.7. The van der Waals surface area contributed by atoms with Gasteiger partial charge in [-0.3, -0.25) is 4.79 Å². The lowest BCUT2D eigenvalue weighted by molar-refractivity contribution is -0.139. The van der Waals surface area contributed by atoms with Crippen LogP contribution in [0.3, 0.4) is 0 Å². The van der Waals surface area contributed by atoms with Gasteiger partial charge in [0.05, 0.1) is 16.2 Å². The van der Waals surface area contributed by atoms with E-state index >= 15 is 0 Å². The fourth-order valence-corrected chi connectivity index (χ4v) is 5.03. The number of amides is 1. The first kappa shape index (κ1) is 22.5. The average Bonchev–Trinajstić information content (AvgIpc) is 3.08. The van der Waals surface area contributed by atoms with Crippen molar-refractivity contribution in [2.75, 3.05) is 11.1 Å². The lowest BCUT2D eigenvalue weighted by Crippen LogP contribution is -2.24. The number of carbonyl (C=O) groups excluding carboxylic acids is 1. The van der Waals surface area contributed by atoms with Crippen LogP contribution in [0.2, 0.25) is 10.3 Å². The third kappa shape index (κ3) is 5.28. The molecule has 0 fully saturated rings. The molecule has 0 saturated heterocycles. The van der Waals surface area contributed by atoms with Gasteiger partial charge in [0.1, 0.15) is 16.1 Å². The van der Waals surface area contributed by atoms with E-state index < -0.39 is 38.1 Å². The number of anilines is 1. The molecule has 0 radical (unpaired) electrons. The summed E-state index contributed by atoms with van der Waals surface area (Å²) in [5.74, 6) is -2.21. The topological polar surface area (TPSA) is 89.0 Å². The number of sulfone groups is 1. The van der Waals surface area contributed by atoms with Crippen LogP contribution in [0.15, 0.2) is 46.7 Å². The SMILES string of the molecule is O=C(CS(=O)(=O)c1ccccc1C(F)(F)F)Nc1nc(-c2cc(Cl)nc(Cl)c2)cs1. The van der Waals surface area contributed by atoms with Crippen LogP contribution in [0.25, 0.3) is 11.3 Å². The molecule has 13 heteroatoms. The Morgan fingerprint density at radius 3 is 2.37 bits per heavy atom. The van der Waals surface area contributed by atoms with Gasteiger partial charge in [-0.25, -0.2) is 18.4 Å². The quantitative estimate of drug-likeness (QED) is 0.506. The molecule has 0 aliphatic rings. The number of aromatic nitrogens is 2. The van der Waals surface area contributed by atoms with Crippen molar-refractivity contribution in [1.82, 2.24) is 9.97 Å². The molecule has 3 aromatic rings. The Kier molecular flexibility index (Phi) is 6.37. The van der Waals surface area contributed by atoms with Crippen LogP contribution in [0, 0.1) is 0 Å². The molecule has 0 aliphatic carbocycles. The fourth-order valence-electron chi connectivity index (χ4n) is 2.45. The highest BCUT2D eigenvalue weighted by Gasteiger charge is 2.37. The molecule has 2 heterocycles. The molecule has 2 aromatic heterocycles. The molecule has 0 atom stereocenters. The number of hydrogen-bond donors (Lipinski definition) is 1. The normalized spacial score (nSPS) is 12.0. The van der Waals surface area contributed by atoms with Gasteiger partial charge in [0, 0.05) is 10.9 Å². The van der Waals surface area contributed by atoms with Gasteiger partial charge in [0.25, 0.3) is 0 Å². The summed E-state index contributed by atoms with van der Waals surface area (Å²) >= 11 is 12.6. The van der Waals surface area contributed by atoms with Gasteiger partial charge < -0.3 is 5.32 Å². The summed E-state index contributed by atoms with van der Waals surface area (Å²) in [7, 11) is -4.55. The minimum Gasteiger partial charge on any atom is -0.301 e. The second-order valence-corrected chi connectivity index (χ2v) is 9.43. The molecule has 158 valence electrons. The summed E-state index contributed by atoms with van der Waals surface area (Å²) < 4.78 is 64.0. The summed E-state index contributed by atoms with van der Waals surface area (Å²) in [6.45, 7) is 0. The first-order valence-electron chi connectivity index (χ1n) is 7.93. The molecule has 0 bridgehead atoms. The van der Waals surface area contributed by atoms with Crippen molar-refractivity contribution in [1.29, 1.82) is 0 Å².